The summed E-state index contributed by atoms with van der Waals surface area (Å²) in [5.74, 6) is 0.774. The lowest BCUT2D eigenvalue weighted by molar-refractivity contribution is 0.111. The zero-order valence-electron chi connectivity index (χ0n) is 7.67. The van der Waals surface area contributed by atoms with Gasteiger partial charge in [-0.25, -0.2) is 4.98 Å². The molecule has 5 heteroatoms. The number of hydrogen-bond donors (Lipinski definition) is 0. The number of hydrogen-bond acceptors (Lipinski definition) is 4. The Labute approximate surface area is 80.3 Å². The maximum atomic E-state index is 10.4. The van der Waals surface area contributed by atoms with Gasteiger partial charge >= 0.3 is 0 Å². The first-order valence-electron chi connectivity index (χ1n) is 4.17. The van der Waals surface area contributed by atoms with Crippen LogP contribution in [0.25, 0.3) is 0 Å². The maximum Gasteiger partial charge on any atom is 0.169 e. The second kappa shape index (κ2) is 3.45. The molecule has 2 aromatic rings. The summed E-state index contributed by atoms with van der Waals surface area (Å²) >= 11 is 0. The van der Waals surface area contributed by atoms with Crippen LogP contribution in [0.4, 0.5) is 0 Å². The summed E-state index contributed by atoms with van der Waals surface area (Å²) in [5.41, 5.74) is 1.24. The number of nitrogens with zero attached hydrogens (tertiary/aromatic N) is 3. The first-order valence-corrected chi connectivity index (χ1v) is 4.17. The molecule has 14 heavy (non-hydrogen) atoms. The van der Waals surface area contributed by atoms with Crippen LogP contribution in [0.5, 0.6) is 0 Å². The van der Waals surface area contributed by atoms with E-state index in [9.17, 15) is 4.79 Å². The highest BCUT2D eigenvalue weighted by Crippen LogP contribution is 2.04. The number of carbonyl (C=O) groups excluding carboxylic acids is 1. The molecule has 0 aliphatic rings. The third kappa shape index (κ3) is 1.71. The molecule has 0 bridgehead atoms. The summed E-state index contributed by atoms with van der Waals surface area (Å²) in [7, 11) is 0. The normalized spacial score (nSPS) is 10.4. The quantitative estimate of drug-likeness (QED) is 0.680. The molecule has 0 saturated carbocycles. The fourth-order valence-corrected chi connectivity index (χ4v) is 1.20. The van der Waals surface area contributed by atoms with Gasteiger partial charge in [0.15, 0.2) is 6.29 Å². The van der Waals surface area contributed by atoms with Crippen molar-refractivity contribution in [2.24, 2.45) is 0 Å². The van der Waals surface area contributed by atoms with Gasteiger partial charge in [0.2, 0.25) is 0 Å². The average Bonchev–Trinajstić information content (AvgIpc) is 2.76. The third-order valence-electron chi connectivity index (χ3n) is 1.80. The summed E-state index contributed by atoms with van der Waals surface area (Å²) in [6.45, 7) is 2.40. The number of aromatic nitrogens is 3. The molecule has 0 amide bonds. The Balaban J connectivity index is 2.14. The second-order valence-corrected chi connectivity index (χ2v) is 3.02. The topological polar surface area (TPSA) is 60.9 Å². The highest BCUT2D eigenvalue weighted by Gasteiger charge is 2.02. The van der Waals surface area contributed by atoms with Crippen LogP contribution >= 0.6 is 0 Å². The van der Waals surface area contributed by atoms with E-state index in [2.05, 4.69) is 10.1 Å². The molecule has 0 atom stereocenters. The molecule has 0 saturated heterocycles. The molecule has 0 N–H and O–H groups in total. The summed E-state index contributed by atoms with van der Waals surface area (Å²) in [4.78, 5) is 14.2. The van der Waals surface area contributed by atoms with E-state index in [1.807, 2.05) is 13.0 Å². The number of imidazole rings is 1. The van der Waals surface area contributed by atoms with Crippen LogP contribution in [0, 0.1) is 6.92 Å². The summed E-state index contributed by atoms with van der Waals surface area (Å²) in [5, 5.41) is 3.83. The number of carbonyl (C=O) groups is 1. The molecule has 0 unspecified atom stereocenters. The van der Waals surface area contributed by atoms with E-state index < -0.39 is 0 Å². The number of rotatable bonds is 3. The van der Waals surface area contributed by atoms with Gasteiger partial charge in [0, 0.05) is 12.3 Å². The minimum atomic E-state index is 0.421. The smallest absolute Gasteiger partial charge is 0.169 e. The van der Waals surface area contributed by atoms with Crippen LogP contribution in [0.2, 0.25) is 0 Å². The lowest BCUT2D eigenvalue weighted by Crippen LogP contribution is -1.96. The molecule has 2 heterocycles. The van der Waals surface area contributed by atoms with Crippen LogP contribution in [-0.4, -0.2) is 21.0 Å². The molecule has 0 fully saturated rings. The van der Waals surface area contributed by atoms with Gasteiger partial charge in [-0.05, 0) is 6.92 Å². The largest absolute Gasteiger partial charge is 0.361 e. The van der Waals surface area contributed by atoms with Gasteiger partial charge < -0.3 is 9.09 Å². The molecule has 0 spiro atoms. The Morgan fingerprint density at radius 3 is 3.07 bits per heavy atom. The predicted octanol–water partition coefficient (Wildman–Crippen LogP) is 1.04. The summed E-state index contributed by atoms with van der Waals surface area (Å²) in [6.07, 6.45) is 3.97. The molecule has 2 rings (SSSR count). The van der Waals surface area contributed by atoms with E-state index in [0.29, 0.717) is 18.5 Å². The molecular weight excluding hydrogens is 182 g/mol. The van der Waals surface area contributed by atoms with E-state index in [-0.39, 0.29) is 0 Å². The average molecular weight is 191 g/mol. The SMILES string of the molecule is Cc1cc(Cn2cnc(C=O)c2)no1. The van der Waals surface area contributed by atoms with Crippen molar-refractivity contribution in [3.63, 3.8) is 0 Å². The highest BCUT2D eigenvalue weighted by atomic mass is 16.5. The minimum Gasteiger partial charge on any atom is -0.361 e. The van der Waals surface area contributed by atoms with Crippen molar-refractivity contribution in [2.75, 3.05) is 0 Å². The molecular formula is C9H9N3O2. The van der Waals surface area contributed by atoms with Crippen molar-refractivity contribution in [1.82, 2.24) is 14.7 Å². The number of aldehydes is 1. The Kier molecular flexibility index (Phi) is 2.14. The summed E-state index contributed by atoms with van der Waals surface area (Å²) < 4.78 is 6.70. The van der Waals surface area contributed by atoms with Crippen LogP contribution in [-0.2, 0) is 6.54 Å². The van der Waals surface area contributed by atoms with E-state index in [1.54, 1.807) is 17.1 Å². The Morgan fingerprint density at radius 2 is 2.50 bits per heavy atom. The zero-order chi connectivity index (χ0) is 9.97. The summed E-state index contributed by atoms with van der Waals surface area (Å²) in [6, 6.07) is 1.85. The van der Waals surface area contributed by atoms with E-state index >= 15 is 0 Å². The molecule has 0 aromatic carbocycles. The van der Waals surface area contributed by atoms with Gasteiger partial charge in [-0.1, -0.05) is 5.16 Å². The van der Waals surface area contributed by atoms with Gasteiger partial charge in [0.1, 0.15) is 17.1 Å². The first kappa shape index (κ1) is 8.68. The minimum absolute atomic E-state index is 0.421. The van der Waals surface area contributed by atoms with E-state index in [4.69, 9.17) is 4.52 Å². The van der Waals surface area contributed by atoms with Crippen LogP contribution < -0.4 is 0 Å². The fourth-order valence-electron chi connectivity index (χ4n) is 1.20. The fraction of sp³-hybridized carbons (Fsp3) is 0.222. The molecule has 0 aliphatic heterocycles. The lowest BCUT2D eigenvalue weighted by atomic mass is 10.4. The van der Waals surface area contributed by atoms with Gasteiger partial charge in [0.25, 0.3) is 0 Å². The van der Waals surface area contributed by atoms with Crippen LogP contribution in [0.15, 0.2) is 23.1 Å². The molecule has 0 radical (unpaired) electrons. The van der Waals surface area contributed by atoms with Crippen molar-refractivity contribution in [2.45, 2.75) is 13.5 Å². The van der Waals surface area contributed by atoms with Crippen molar-refractivity contribution < 1.29 is 9.32 Å². The Hall–Kier alpha value is -1.91. The van der Waals surface area contributed by atoms with Crippen molar-refractivity contribution in [1.29, 1.82) is 0 Å². The van der Waals surface area contributed by atoms with Crippen LogP contribution in [0.3, 0.4) is 0 Å². The van der Waals surface area contributed by atoms with E-state index in [1.165, 1.54) is 0 Å². The molecule has 72 valence electrons. The Bertz CT molecular complexity index is 444. The van der Waals surface area contributed by atoms with Crippen molar-refractivity contribution >= 4 is 6.29 Å². The molecule has 2 aromatic heterocycles. The molecule has 5 nitrogen and oxygen atoms in total. The zero-order valence-corrected chi connectivity index (χ0v) is 7.67. The van der Waals surface area contributed by atoms with Crippen molar-refractivity contribution in [3.8, 4) is 0 Å². The van der Waals surface area contributed by atoms with Crippen molar-refractivity contribution in [3.05, 3.63) is 35.7 Å². The first-order chi connectivity index (χ1) is 6.78. The van der Waals surface area contributed by atoms with Gasteiger partial charge in [-0.15, -0.1) is 0 Å². The predicted molar refractivity (Wildman–Crippen MR) is 48.0 cm³/mol. The number of aryl methyl sites for hydroxylation is 1. The second-order valence-electron chi connectivity index (χ2n) is 3.02. The van der Waals surface area contributed by atoms with Gasteiger partial charge in [-0.3, -0.25) is 4.79 Å². The Morgan fingerprint density at radius 1 is 1.64 bits per heavy atom. The van der Waals surface area contributed by atoms with Gasteiger partial charge in [-0.2, -0.15) is 0 Å². The lowest BCUT2D eigenvalue weighted by Gasteiger charge is -1.94. The third-order valence-corrected chi connectivity index (χ3v) is 1.80. The standard InChI is InChI=1S/C9H9N3O2/c1-7-2-8(11-14-7)3-12-4-9(5-13)10-6-12/h2,4-6H,3H2,1H3. The van der Waals surface area contributed by atoms with Crippen LogP contribution in [0.1, 0.15) is 21.9 Å². The van der Waals surface area contributed by atoms with E-state index in [0.717, 1.165) is 11.5 Å². The monoisotopic (exact) mass is 191 g/mol. The molecule has 0 aliphatic carbocycles. The maximum absolute atomic E-state index is 10.4. The highest BCUT2D eigenvalue weighted by molar-refractivity contribution is 5.70. The van der Waals surface area contributed by atoms with Gasteiger partial charge in [0.05, 0.1) is 12.9 Å².